The number of likely N-dealkylation sites (tertiary alicyclic amines) is 1. The van der Waals surface area contributed by atoms with Gasteiger partial charge in [-0.25, -0.2) is 15.0 Å². The van der Waals surface area contributed by atoms with E-state index in [1.165, 1.54) is 4.90 Å². The molecule has 7 N–H and O–H groups in total. The van der Waals surface area contributed by atoms with Gasteiger partial charge < -0.3 is 46.5 Å². The Bertz CT molecular complexity index is 2780. The Morgan fingerprint density at radius 2 is 1.56 bits per heavy atom. The number of aliphatic hydroxyl groups excluding tert-OH is 1. The van der Waals surface area contributed by atoms with E-state index in [9.17, 15) is 29.1 Å². The van der Waals surface area contributed by atoms with E-state index in [4.69, 9.17) is 17.3 Å². The van der Waals surface area contributed by atoms with Crippen molar-refractivity contribution >= 4 is 69.3 Å². The van der Waals surface area contributed by atoms with E-state index in [0.29, 0.717) is 63.3 Å². The highest BCUT2D eigenvalue weighted by Crippen LogP contribution is 2.32. The average molecular weight is 1090 g/mol. The van der Waals surface area contributed by atoms with Gasteiger partial charge in [0.15, 0.2) is 0 Å². The van der Waals surface area contributed by atoms with Gasteiger partial charge in [-0.15, -0.1) is 11.3 Å². The standard InChI is InChI=1S/C57H77ClN12O6S/c1-38-49(77-37-64-38)41-15-13-39(14-16-41)34-61-53(74)46-33-43(71)35-70(46)54(75)50(56(2,3)4)66-47(72)11-9-7-5-6-8-10-12-48(73)68-31-29-67(30-32-68)26-22-45(40-17-19-42(58)20-18-40)65-55(76)57(59)23-27-69(28-24-57)52-44-21-25-60-51(44)62-36-63-52/h13-21,25,36-37,43,45-46,50,71H,5-12,22-24,26-35,59H2,1-4H3,(H,61,74)(H,65,76)(H,66,72)(H,60,62,63)/t43-,45+,46+,50?/m1/s1. The smallest absolute Gasteiger partial charge is 0.246 e. The molecule has 3 fully saturated rings. The summed E-state index contributed by atoms with van der Waals surface area (Å²) in [7, 11) is 0. The third-order valence-electron chi connectivity index (χ3n) is 15.5. The number of benzene rings is 2. The van der Waals surface area contributed by atoms with Gasteiger partial charge in [0, 0.05) is 89.4 Å². The minimum Gasteiger partial charge on any atom is -0.391 e. The molecule has 0 spiro atoms. The largest absolute Gasteiger partial charge is 0.391 e. The Balaban J connectivity index is 0.702. The SMILES string of the molecule is Cc1ncsc1-c1ccc(CNC(=O)[C@@H]2C[C@@H](O)CN2C(=O)C(NC(=O)CCCCCCCCC(=O)N2CCN(CC[C@H](NC(=O)C3(N)CCN(c4ncnc5[nH]ccc45)CC3)c3ccc(Cl)cc3)CC2)C(C)(C)C)cc1. The minimum absolute atomic E-state index is 0.0179. The number of piperazine rings is 1. The number of nitrogens with zero attached hydrogens (tertiary/aromatic N) is 7. The van der Waals surface area contributed by atoms with Crippen molar-refractivity contribution < 1.29 is 29.1 Å². The second-order valence-corrected chi connectivity index (χ2v) is 23.5. The van der Waals surface area contributed by atoms with Crippen LogP contribution in [0.2, 0.25) is 5.02 Å². The number of rotatable bonds is 22. The van der Waals surface area contributed by atoms with Crippen LogP contribution in [-0.2, 0) is 30.5 Å². The lowest BCUT2D eigenvalue weighted by Crippen LogP contribution is -2.60. The molecule has 3 aromatic heterocycles. The molecule has 0 bridgehead atoms. The second kappa shape index (κ2) is 26.1. The van der Waals surface area contributed by atoms with Crippen LogP contribution in [0.15, 0.2) is 72.6 Å². The first-order chi connectivity index (χ1) is 37.0. The number of aromatic amines is 1. The normalized spacial score (nSPS) is 18.8. The number of fused-ring (bicyclic) bond motifs is 1. The van der Waals surface area contributed by atoms with Gasteiger partial charge in [-0.3, -0.25) is 28.9 Å². The maximum atomic E-state index is 14.1. The van der Waals surface area contributed by atoms with Crippen molar-refractivity contribution in [3.63, 3.8) is 0 Å². The molecule has 3 aliphatic rings. The van der Waals surface area contributed by atoms with Gasteiger partial charge in [-0.1, -0.05) is 94.5 Å². The van der Waals surface area contributed by atoms with Gasteiger partial charge in [0.2, 0.25) is 29.5 Å². The Kier molecular flexibility index (Phi) is 19.4. The summed E-state index contributed by atoms with van der Waals surface area (Å²) in [6, 6.07) is 15.5. The zero-order chi connectivity index (χ0) is 54.7. The molecule has 18 nitrogen and oxygen atoms in total. The molecule has 77 heavy (non-hydrogen) atoms. The van der Waals surface area contributed by atoms with Crippen LogP contribution in [0.4, 0.5) is 5.82 Å². The van der Waals surface area contributed by atoms with Crippen LogP contribution < -0.4 is 26.6 Å². The predicted molar refractivity (Wildman–Crippen MR) is 301 cm³/mol. The van der Waals surface area contributed by atoms with Crippen molar-refractivity contribution in [2.75, 3.05) is 57.3 Å². The van der Waals surface area contributed by atoms with Gasteiger partial charge in [0.05, 0.1) is 39.2 Å². The highest BCUT2D eigenvalue weighted by Gasteiger charge is 2.45. The molecular weight excluding hydrogens is 1020 g/mol. The number of nitrogens with two attached hydrogens (primary N) is 1. The highest BCUT2D eigenvalue weighted by atomic mass is 35.5. The van der Waals surface area contributed by atoms with E-state index < -0.39 is 29.1 Å². The molecule has 6 heterocycles. The van der Waals surface area contributed by atoms with Crippen LogP contribution in [0, 0.1) is 12.3 Å². The van der Waals surface area contributed by atoms with Crippen molar-refractivity contribution in [1.29, 1.82) is 0 Å². The zero-order valence-corrected chi connectivity index (χ0v) is 46.6. The molecule has 5 amide bonds. The van der Waals surface area contributed by atoms with Crippen LogP contribution >= 0.6 is 22.9 Å². The molecule has 0 radical (unpaired) electrons. The van der Waals surface area contributed by atoms with Crippen LogP contribution in [0.25, 0.3) is 21.5 Å². The van der Waals surface area contributed by atoms with Crippen molar-refractivity contribution in [2.45, 2.75) is 141 Å². The number of H-pyrrole nitrogens is 1. The average Bonchev–Trinajstić information content (AvgIpc) is 4.22. The molecule has 8 rings (SSSR count). The van der Waals surface area contributed by atoms with E-state index in [2.05, 4.69) is 45.7 Å². The first kappa shape index (κ1) is 57.2. The number of unbranched alkanes of at least 4 members (excludes halogenated alkanes) is 5. The van der Waals surface area contributed by atoms with Crippen LogP contribution in [0.1, 0.15) is 121 Å². The molecule has 4 atom stereocenters. The summed E-state index contributed by atoms with van der Waals surface area (Å²) in [6.45, 7) is 12.7. The Labute approximate surface area is 461 Å². The number of aryl methyl sites for hydroxylation is 1. The number of aliphatic hydroxyl groups is 1. The summed E-state index contributed by atoms with van der Waals surface area (Å²) in [5.41, 5.74) is 11.7. The van der Waals surface area contributed by atoms with Gasteiger partial charge in [-0.05, 0) is 79.3 Å². The van der Waals surface area contributed by atoms with Crippen molar-refractivity contribution in [1.82, 2.24) is 50.6 Å². The van der Waals surface area contributed by atoms with Crippen LogP contribution in [0.5, 0.6) is 0 Å². The fourth-order valence-corrected chi connectivity index (χ4v) is 11.7. The molecule has 3 saturated heterocycles. The van der Waals surface area contributed by atoms with Crippen molar-refractivity contribution in [3.05, 3.63) is 94.5 Å². The van der Waals surface area contributed by atoms with E-state index >= 15 is 0 Å². The van der Waals surface area contributed by atoms with E-state index in [-0.39, 0.29) is 61.5 Å². The molecule has 2 aromatic carbocycles. The number of hydrogen-bond donors (Lipinski definition) is 6. The lowest BCUT2D eigenvalue weighted by atomic mass is 9.85. The molecule has 414 valence electrons. The van der Waals surface area contributed by atoms with E-state index in [1.54, 1.807) is 17.7 Å². The fourth-order valence-electron chi connectivity index (χ4n) is 10.7. The molecule has 0 aliphatic carbocycles. The fraction of sp³-hybridized carbons (Fsp3) is 0.544. The maximum absolute atomic E-state index is 14.1. The third kappa shape index (κ3) is 15.0. The van der Waals surface area contributed by atoms with Gasteiger partial charge >= 0.3 is 0 Å². The molecule has 20 heteroatoms. The second-order valence-electron chi connectivity index (χ2n) is 22.2. The monoisotopic (exact) mass is 1090 g/mol. The zero-order valence-electron chi connectivity index (χ0n) is 45.1. The summed E-state index contributed by atoms with van der Waals surface area (Å²) in [4.78, 5) is 93.4. The highest BCUT2D eigenvalue weighted by molar-refractivity contribution is 7.13. The van der Waals surface area contributed by atoms with E-state index in [1.807, 2.05) is 98.9 Å². The number of amides is 5. The number of hydrogen-bond acceptors (Lipinski definition) is 13. The first-order valence-electron chi connectivity index (χ1n) is 27.4. The Hall–Kier alpha value is -5.99. The van der Waals surface area contributed by atoms with Crippen molar-refractivity contribution in [3.8, 4) is 10.4 Å². The number of carbonyl (C=O) groups is 5. The number of nitrogens with one attached hydrogen (secondary N) is 4. The maximum Gasteiger partial charge on any atom is 0.246 e. The molecular formula is C57H77ClN12O6S. The number of carbonyl (C=O) groups excluding carboxylic acids is 5. The molecule has 3 aliphatic heterocycles. The quantitative estimate of drug-likeness (QED) is 0.0400. The summed E-state index contributed by atoms with van der Waals surface area (Å²) in [5, 5.41) is 21.4. The lowest BCUT2D eigenvalue weighted by molar-refractivity contribution is -0.144. The Morgan fingerprint density at radius 1 is 0.870 bits per heavy atom. The topological polar surface area (TPSA) is 235 Å². The summed E-state index contributed by atoms with van der Waals surface area (Å²) in [6.07, 6.45) is 10.2. The van der Waals surface area contributed by atoms with Gasteiger partial charge in [-0.2, -0.15) is 0 Å². The van der Waals surface area contributed by atoms with E-state index in [0.717, 1.165) is 95.9 Å². The number of piperidine rings is 1. The van der Waals surface area contributed by atoms with Crippen LogP contribution in [0.3, 0.4) is 0 Å². The summed E-state index contributed by atoms with van der Waals surface area (Å²) < 4.78 is 0. The first-order valence-corrected chi connectivity index (χ1v) is 28.6. The number of halogens is 1. The number of thiazole rings is 1. The molecule has 5 aromatic rings. The Morgan fingerprint density at radius 3 is 2.23 bits per heavy atom. The number of anilines is 1. The minimum atomic E-state index is -1.02. The van der Waals surface area contributed by atoms with Gasteiger partial charge in [0.1, 0.15) is 29.9 Å². The van der Waals surface area contributed by atoms with Crippen molar-refractivity contribution in [2.24, 2.45) is 11.1 Å². The molecule has 1 unspecified atom stereocenters. The number of β-amino-alcohol motifs (C(OH)–C–C–N with tert-alkyl or cyclic N) is 1. The molecule has 0 saturated carbocycles. The van der Waals surface area contributed by atoms with Crippen LogP contribution in [-0.4, -0.2) is 145 Å². The number of aromatic nitrogens is 4. The summed E-state index contributed by atoms with van der Waals surface area (Å²) in [5.74, 6) is -0.0952. The summed E-state index contributed by atoms with van der Waals surface area (Å²) >= 11 is 7.84. The third-order valence-corrected chi connectivity index (χ3v) is 16.8. The lowest BCUT2D eigenvalue weighted by Gasteiger charge is -2.39. The predicted octanol–water partition coefficient (Wildman–Crippen LogP) is 6.66. The van der Waals surface area contributed by atoms with Gasteiger partial charge in [0.25, 0.3) is 0 Å².